The van der Waals surface area contributed by atoms with Crippen LogP contribution in [0.4, 0.5) is 5.69 Å². The fraction of sp³-hybridized carbons (Fsp3) is 0.318. The molecule has 152 valence electrons. The maximum absolute atomic E-state index is 12.6. The van der Waals surface area contributed by atoms with Crippen LogP contribution in [0.2, 0.25) is 5.02 Å². The van der Waals surface area contributed by atoms with E-state index in [0.717, 1.165) is 11.1 Å². The summed E-state index contributed by atoms with van der Waals surface area (Å²) in [5.74, 6) is -0.230. The number of carbonyl (C=O) groups is 2. The van der Waals surface area contributed by atoms with E-state index < -0.39 is 18.5 Å². The Hall–Kier alpha value is -3.04. The number of aryl methyl sites for hydroxylation is 2. The number of halogens is 1. The van der Waals surface area contributed by atoms with Gasteiger partial charge in [0.05, 0.1) is 25.5 Å². The number of hydrogen-bond acceptors (Lipinski definition) is 5. The number of carbonyl (C=O) groups excluding carboxylic acids is 2. The number of para-hydroxylation sites is 1. The van der Waals surface area contributed by atoms with Crippen LogP contribution >= 0.6 is 11.6 Å². The molecule has 2 aromatic rings. The van der Waals surface area contributed by atoms with Crippen molar-refractivity contribution < 1.29 is 19.1 Å². The van der Waals surface area contributed by atoms with Crippen molar-refractivity contribution >= 4 is 29.2 Å². The minimum Gasteiger partial charge on any atom is -0.493 e. The average molecular weight is 415 g/mol. The monoisotopic (exact) mass is 414 g/mol. The Morgan fingerprint density at radius 3 is 2.59 bits per heavy atom. The van der Waals surface area contributed by atoms with Crippen LogP contribution in [0.1, 0.15) is 24.0 Å². The van der Waals surface area contributed by atoms with Gasteiger partial charge >= 0.3 is 5.97 Å². The van der Waals surface area contributed by atoms with Crippen LogP contribution < -0.4 is 9.64 Å². The molecule has 0 fully saturated rings. The number of hydrogen-bond donors (Lipinski definition) is 0. The van der Waals surface area contributed by atoms with Gasteiger partial charge < -0.3 is 14.4 Å². The lowest BCUT2D eigenvalue weighted by molar-refractivity contribution is -0.148. The molecular formula is C22H23ClN2O4. The van der Waals surface area contributed by atoms with Crippen molar-refractivity contribution in [3.63, 3.8) is 0 Å². The number of esters is 1. The summed E-state index contributed by atoms with van der Waals surface area (Å²) < 4.78 is 10.7. The fourth-order valence-corrected chi connectivity index (χ4v) is 2.73. The van der Waals surface area contributed by atoms with Gasteiger partial charge in [0.15, 0.2) is 6.61 Å². The van der Waals surface area contributed by atoms with E-state index in [1.54, 1.807) is 18.2 Å². The SMILES string of the molecule is Cc1cc(N(CCC#N)C(=O)COC(=O)CCOc2ccccc2C)ccc1Cl. The summed E-state index contributed by atoms with van der Waals surface area (Å²) in [6.45, 7) is 3.70. The smallest absolute Gasteiger partial charge is 0.309 e. The van der Waals surface area contributed by atoms with Crippen molar-refractivity contribution in [3.05, 3.63) is 58.6 Å². The van der Waals surface area contributed by atoms with E-state index in [9.17, 15) is 9.59 Å². The lowest BCUT2D eigenvalue weighted by Gasteiger charge is -2.22. The van der Waals surface area contributed by atoms with Crippen molar-refractivity contribution in [3.8, 4) is 11.8 Å². The standard InChI is InChI=1S/C22H23ClN2O4/c1-16-6-3-4-7-20(16)28-13-10-22(27)29-15-21(26)25(12-5-11-24)18-8-9-19(23)17(2)14-18/h3-4,6-9,14H,5,10,12-13,15H2,1-2H3. The molecule has 0 radical (unpaired) electrons. The summed E-state index contributed by atoms with van der Waals surface area (Å²) in [7, 11) is 0. The minimum absolute atomic E-state index is 0.0276. The maximum Gasteiger partial charge on any atom is 0.309 e. The highest BCUT2D eigenvalue weighted by Crippen LogP contribution is 2.23. The molecule has 0 aliphatic heterocycles. The molecular weight excluding hydrogens is 392 g/mol. The summed E-state index contributed by atoms with van der Waals surface area (Å²) in [4.78, 5) is 25.9. The predicted octanol–water partition coefficient (Wildman–Crippen LogP) is 4.22. The molecule has 0 unspecified atom stereocenters. The van der Waals surface area contributed by atoms with Crippen LogP contribution in [0.25, 0.3) is 0 Å². The lowest BCUT2D eigenvalue weighted by atomic mass is 10.2. The molecule has 0 saturated heterocycles. The third-order valence-corrected chi connectivity index (χ3v) is 4.64. The first-order valence-corrected chi connectivity index (χ1v) is 9.57. The molecule has 2 aromatic carbocycles. The van der Waals surface area contributed by atoms with Crippen LogP contribution in [-0.4, -0.2) is 31.6 Å². The van der Waals surface area contributed by atoms with Crippen molar-refractivity contribution in [2.24, 2.45) is 0 Å². The first kappa shape index (κ1) is 22.3. The molecule has 1 amide bonds. The zero-order valence-electron chi connectivity index (χ0n) is 16.5. The van der Waals surface area contributed by atoms with Gasteiger partial charge in [0.25, 0.3) is 5.91 Å². The minimum atomic E-state index is -0.528. The number of rotatable bonds is 9. The molecule has 0 aliphatic carbocycles. The van der Waals surface area contributed by atoms with Crippen LogP contribution in [0, 0.1) is 25.2 Å². The highest BCUT2D eigenvalue weighted by Gasteiger charge is 2.18. The third kappa shape index (κ3) is 6.81. The van der Waals surface area contributed by atoms with E-state index in [4.69, 9.17) is 26.3 Å². The highest BCUT2D eigenvalue weighted by atomic mass is 35.5. The molecule has 6 nitrogen and oxygen atoms in total. The van der Waals surface area contributed by atoms with Gasteiger partial charge in [-0.05, 0) is 49.2 Å². The Labute approximate surface area is 175 Å². The summed E-state index contributed by atoms with van der Waals surface area (Å²) in [5, 5.41) is 9.45. The Bertz CT molecular complexity index is 908. The van der Waals surface area contributed by atoms with Crippen molar-refractivity contribution in [2.75, 3.05) is 24.7 Å². The van der Waals surface area contributed by atoms with Crippen molar-refractivity contribution in [1.29, 1.82) is 5.26 Å². The van der Waals surface area contributed by atoms with Gasteiger partial charge in [-0.25, -0.2) is 0 Å². The molecule has 0 aliphatic rings. The Morgan fingerprint density at radius 1 is 1.14 bits per heavy atom. The van der Waals surface area contributed by atoms with E-state index >= 15 is 0 Å². The van der Waals surface area contributed by atoms with Crippen LogP contribution in [0.3, 0.4) is 0 Å². The number of nitriles is 1. The number of anilines is 1. The summed E-state index contributed by atoms with van der Waals surface area (Å²) in [6, 6.07) is 14.7. The third-order valence-electron chi connectivity index (χ3n) is 4.22. The molecule has 0 N–H and O–H groups in total. The molecule has 2 rings (SSSR count). The maximum atomic E-state index is 12.6. The van der Waals surface area contributed by atoms with Gasteiger partial charge in [0.1, 0.15) is 5.75 Å². The average Bonchev–Trinajstić information content (AvgIpc) is 2.70. The second-order valence-corrected chi connectivity index (χ2v) is 6.82. The van der Waals surface area contributed by atoms with Gasteiger partial charge in [-0.3, -0.25) is 9.59 Å². The highest BCUT2D eigenvalue weighted by molar-refractivity contribution is 6.31. The zero-order valence-corrected chi connectivity index (χ0v) is 17.2. The molecule has 0 spiro atoms. The number of nitrogens with zero attached hydrogens (tertiary/aromatic N) is 2. The lowest BCUT2D eigenvalue weighted by Crippen LogP contribution is -2.35. The molecule has 0 atom stereocenters. The number of ether oxygens (including phenoxy) is 2. The zero-order chi connectivity index (χ0) is 21.2. The van der Waals surface area contributed by atoms with Crippen LogP contribution in [0.15, 0.2) is 42.5 Å². The molecule has 0 aromatic heterocycles. The topological polar surface area (TPSA) is 79.6 Å². The number of amides is 1. The molecule has 0 saturated carbocycles. The molecule has 29 heavy (non-hydrogen) atoms. The largest absolute Gasteiger partial charge is 0.493 e. The quantitative estimate of drug-likeness (QED) is 0.574. The van der Waals surface area contributed by atoms with Crippen LogP contribution in [-0.2, 0) is 14.3 Å². The Kier molecular flexibility index (Phi) is 8.50. The Morgan fingerprint density at radius 2 is 1.90 bits per heavy atom. The van der Waals surface area contributed by atoms with Gasteiger partial charge in [0, 0.05) is 17.3 Å². The normalized spacial score (nSPS) is 10.1. The second-order valence-electron chi connectivity index (χ2n) is 6.41. The fourth-order valence-electron chi connectivity index (χ4n) is 2.61. The first-order chi connectivity index (χ1) is 13.9. The Balaban J connectivity index is 1.88. The molecule has 0 bridgehead atoms. The van der Waals surface area contributed by atoms with E-state index in [-0.39, 0.29) is 26.0 Å². The van der Waals surface area contributed by atoms with E-state index in [1.807, 2.05) is 44.2 Å². The van der Waals surface area contributed by atoms with Crippen molar-refractivity contribution in [1.82, 2.24) is 0 Å². The predicted molar refractivity (Wildman–Crippen MR) is 111 cm³/mol. The van der Waals surface area contributed by atoms with Gasteiger partial charge in [0.2, 0.25) is 0 Å². The van der Waals surface area contributed by atoms with E-state index in [0.29, 0.717) is 16.5 Å². The first-order valence-electron chi connectivity index (χ1n) is 9.20. The summed E-state index contributed by atoms with van der Waals surface area (Å²) >= 11 is 6.04. The van der Waals surface area contributed by atoms with E-state index in [2.05, 4.69) is 0 Å². The van der Waals surface area contributed by atoms with Crippen LogP contribution in [0.5, 0.6) is 5.75 Å². The second kappa shape index (κ2) is 11.1. The number of benzene rings is 2. The molecule has 0 heterocycles. The van der Waals surface area contributed by atoms with Gasteiger partial charge in [-0.1, -0.05) is 29.8 Å². The van der Waals surface area contributed by atoms with Gasteiger partial charge in [-0.2, -0.15) is 5.26 Å². The summed E-state index contributed by atoms with van der Waals surface area (Å²) in [6.07, 6.45) is 0.186. The molecule has 7 heteroatoms. The van der Waals surface area contributed by atoms with Crippen molar-refractivity contribution in [2.45, 2.75) is 26.7 Å². The van der Waals surface area contributed by atoms with Gasteiger partial charge in [-0.15, -0.1) is 0 Å². The van der Waals surface area contributed by atoms with E-state index in [1.165, 1.54) is 4.90 Å². The summed E-state index contributed by atoms with van der Waals surface area (Å²) in [5.41, 5.74) is 2.39.